The Morgan fingerprint density at radius 2 is 2.06 bits per heavy atom. The van der Waals surface area contributed by atoms with Gasteiger partial charge in [-0.05, 0) is 25.3 Å². The number of nitrogens with one attached hydrogen (secondary N) is 2. The highest BCUT2D eigenvalue weighted by Gasteiger charge is 2.34. The summed E-state index contributed by atoms with van der Waals surface area (Å²) in [5.74, 6) is 0.108. The second-order valence-corrected chi connectivity index (χ2v) is 9.68. The molecule has 2 atom stereocenters. The van der Waals surface area contributed by atoms with E-state index in [1.165, 1.54) is 6.26 Å². The number of likely N-dealkylation sites (tertiary alicyclic amines) is 1. The van der Waals surface area contributed by atoms with Crippen molar-refractivity contribution in [2.45, 2.75) is 37.6 Å². The number of hydrogen-bond acceptors (Lipinski definition) is 10. The zero-order valence-corrected chi connectivity index (χ0v) is 18.4. The Labute approximate surface area is 189 Å². The molecule has 3 fully saturated rings. The van der Waals surface area contributed by atoms with Crippen LogP contribution >= 0.6 is 11.3 Å². The van der Waals surface area contributed by atoms with E-state index in [1.807, 2.05) is 11.0 Å². The standard InChI is InChI=1S/C21H26N6O4S/c28-13-3-4-27(10-13)20-23-15(11-31-20)19(29)22-14-9-16-18(24-17(14)12-1-2-12)25-21(32-16)26-5-7-30-8-6-26/h9,11-13,20,23,28H,1-8,10H2,(H,22,29). The number of nitrogens with zero attached hydrogens (tertiary/aromatic N) is 4. The summed E-state index contributed by atoms with van der Waals surface area (Å²) in [7, 11) is 0. The summed E-state index contributed by atoms with van der Waals surface area (Å²) in [5, 5.41) is 16.9. The van der Waals surface area contributed by atoms with E-state index in [1.54, 1.807) is 11.3 Å². The summed E-state index contributed by atoms with van der Waals surface area (Å²) in [6.07, 6.45) is 3.54. The molecular formula is C21H26N6O4S. The summed E-state index contributed by atoms with van der Waals surface area (Å²) >= 11 is 1.60. The van der Waals surface area contributed by atoms with Crippen molar-refractivity contribution in [3.8, 4) is 0 Å². The van der Waals surface area contributed by atoms with Crippen molar-refractivity contribution in [3.63, 3.8) is 0 Å². The van der Waals surface area contributed by atoms with Crippen LogP contribution in [0.3, 0.4) is 0 Å². The first kappa shape index (κ1) is 20.2. The largest absolute Gasteiger partial charge is 0.462 e. The molecule has 2 saturated heterocycles. The van der Waals surface area contributed by atoms with Crippen LogP contribution in [-0.2, 0) is 14.3 Å². The average Bonchev–Trinajstić information content (AvgIpc) is 3.19. The van der Waals surface area contributed by atoms with Crippen molar-refractivity contribution in [2.75, 3.05) is 49.6 Å². The van der Waals surface area contributed by atoms with Gasteiger partial charge in [-0.2, -0.15) is 4.98 Å². The first-order valence-corrected chi connectivity index (χ1v) is 12.0. The normalized spacial score (nSPS) is 26.2. The summed E-state index contributed by atoms with van der Waals surface area (Å²) in [6, 6.07) is 2.00. The van der Waals surface area contributed by atoms with Gasteiger partial charge in [0.05, 0.1) is 35.4 Å². The van der Waals surface area contributed by atoms with Gasteiger partial charge >= 0.3 is 0 Å². The minimum atomic E-state index is -0.422. The maximum absolute atomic E-state index is 13.0. The van der Waals surface area contributed by atoms with E-state index in [0.29, 0.717) is 37.8 Å². The number of rotatable bonds is 5. The molecule has 0 bridgehead atoms. The lowest BCUT2D eigenvalue weighted by molar-refractivity contribution is -0.113. The van der Waals surface area contributed by atoms with Gasteiger partial charge in [0.1, 0.15) is 12.0 Å². The van der Waals surface area contributed by atoms with Crippen molar-refractivity contribution in [1.29, 1.82) is 0 Å². The molecule has 11 heteroatoms. The van der Waals surface area contributed by atoms with Gasteiger partial charge in [-0.3, -0.25) is 4.79 Å². The van der Waals surface area contributed by atoms with Crippen LogP contribution in [-0.4, -0.2) is 77.7 Å². The van der Waals surface area contributed by atoms with Gasteiger partial charge in [0.25, 0.3) is 5.91 Å². The van der Waals surface area contributed by atoms with Crippen molar-refractivity contribution in [1.82, 2.24) is 20.2 Å². The summed E-state index contributed by atoms with van der Waals surface area (Å²) in [5.41, 5.74) is 2.76. The minimum absolute atomic E-state index is 0.256. The van der Waals surface area contributed by atoms with Crippen molar-refractivity contribution in [2.24, 2.45) is 0 Å². The lowest BCUT2D eigenvalue weighted by atomic mass is 10.2. The van der Waals surface area contributed by atoms with Crippen molar-refractivity contribution >= 4 is 38.4 Å². The fourth-order valence-electron chi connectivity index (χ4n) is 4.32. The van der Waals surface area contributed by atoms with E-state index < -0.39 is 6.35 Å². The molecule has 0 spiro atoms. The molecule has 0 aromatic carbocycles. The van der Waals surface area contributed by atoms with E-state index in [4.69, 9.17) is 19.4 Å². The van der Waals surface area contributed by atoms with Gasteiger partial charge in [-0.1, -0.05) is 11.3 Å². The van der Waals surface area contributed by atoms with E-state index in [-0.39, 0.29) is 12.0 Å². The highest BCUT2D eigenvalue weighted by atomic mass is 32.1. The van der Waals surface area contributed by atoms with E-state index in [9.17, 15) is 9.90 Å². The lowest BCUT2D eigenvalue weighted by Gasteiger charge is -2.25. The van der Waals surface area contributed by atoms with Gasteiger partial charge in [0, 0.05) is 32.1 Å². The molecule has 5 heterocycles. The molecule has 1 amide bonds. The molecule has 170 valence electrons. The number of thiazole rings is 1. The molecule has 3 N–H and O–H groups in total. The fourth-order valence-corrected chi connectivity index (χ4v) is 5.32. The van der Waals surface area contributed by atoms with Crippen LogP contribution < -0.4 is 15.5 Å². The van der Waals surface area contributed by atoms with Crippen molar-refractivity contribution < 1.29 is 19.4 Å². The number of carbonyl (C=O) groups excluding carboxylic acids is 1. The Morgan fingerprint density at radius 1 is 1.22 bits per heavy atom. The van der Waals surface area contributed by atoms with Crippen LogP contribution in [0.1, 0.15) is 30.9 Å². The molecule has 3 aliphatic heterocycles. The maximum Gasteiger partial charge on any atom is 0.275 e. The van der Waals surface area contributed by atoms with Crippen LogP contribution in [0.2, 0.25) is 0 Å². The minimum Gasteiger partial charge on any atom is -0.462 e. The number of aliphatic hydroxyl groups is 1. The number of morpholine rings is 1. The maximum atomic E-state index is 13.0. The Morgan fingerprint density at radius 3 is 2.81 bits per heavy atom. The number of amides is 1. The topological polar surface area (TPSA) is 112 Å². The molecule has 1 saturated carbocycles. The molecular weight excluding hydrogens is 432 g/mol. The number of anilines is 2. The summed E-state index contributed by atoms with van der Waals surface area (Å²) < 4.78 is 12.0. The van der Waals surface area contributed by atoms with Gasteiger partial charge < -0.3 is 30.1 Å². The molecule has 6 rings (SSSR count). The summed E-state index contributed by atoms with van der Waals surface area (Å²) in [6.45, 7) is 4.33. The second kappa shape index (κ2) is 8.14. The lowest BCUT2D eigenvalue weighted by Crippen LogP contribution is -2.43. The number of aromatic nitrogens is 2. The Hall–Kier alpha value is -2.47. The number of ether oxygens (including phenoxy) is 2. The zero-order chi connectivity index (χ0) is 21.7. The third-order valence-corrected chi connectivity index (χ3v) is 7.31. The molecule has 10 nitrogen and oxygen atoms in total. The number of fused-ring (bicyclic) bond motifs is 1. The number of carbonyl (C=O) groups is 1. The quantitative estimate of drug-likeness (QED) is 0.607. The zero-order valence-electron chi connectivity index (χ0n) is 17.6. The van der Waals surface area contributed by atoms with E-state index in [0.717, 1.165) is 59.3 Å². The van der Waals surface area contributed by atoms with Crippen molar-refractivity contribution in [3.05, 3.63) is 23.7 Å². The van der Waals surface area contributed by atoms with Crippen LogP contribution in [0.4, 0.5) is 10.8 Å². The van der Waals surface area contributed by atoms with Gasteiger partial charge in [-0.15, -0.1) is 0 Å². The number of aliphatic hydroxyl groups excluding tert-OH is 1. The molecule has 0 radical (unpaired) electrons. The van der Waals surface area contributed by atoms with Gasteiger partial charge in [0.15, 0.2) is 10.8 Å². The molecule has 32 heavy (non-hydrogen) atoms. The fraction of sp³-hybridized carbons (Fsp3) is 0.571. The predicted molar refractivity (Wildman–Crippen MR) is 119 cm³/mol. The monoisotopic (exact) mass is 458 g/mol. The first-order chi connectivity index (χ1) is 15.6. The Balaban J connectivity index is 1.20. The Kier molecular flexibility index (Phi) is 5.13. The molecule has 4 aliphatic rings. The van der Waals surface area contributed by atoms with Crippen LogP contribution in [0.5, 0.6) is 0 Å². The highest BCUT2D eigenvalue weighted by Crippen LogP contribution is 2.44. The van der Waals surface area contributed by atoms with Crippen LogP contribution in [0.15, 0.2) is 18.0 Å². The molecule has 2 aromatic heterocycles. The van der Waals surface area contributed by atoms with Crippen LogP contribution in [0, 0.1) is 0 Å². The molecule has 2 unspecified atom stereocenters. The number of hydrogen-bond donors (Lipinski definition) is 3. The van der Waals surface area contributed by atoms with Gasteiger partial charge in [-0.25, -0.2) is 9.88 Å². The molecule has 1 aliphatic carbocycles. The second-order valence-electron chi connectivity index (χ2n) is 8.67. The van der Waals surface area contributed by atoms with Crippen LogP contribution in [0.25, 0.3) is 10.3 Å². The smallest absolute Gasteiger partial charge is 0.275 e. The average molecular weight is 459 g/mol. The number of β-amino-alcohol motifs (C(OH)–C–C–N with tert-alkyl or cyclic N) is 1. The molecule has 2 aromatic rings. The Bertz CT molecular complexity index is 1060. The van der Waals surface area contributed by atoms with E-state index >= 15 is 0 Å². The highest BCUT2D eigenvalue weighted by molar-refractivity contribution is 7.22. The SMILES string of the molecule is O=C(Nc1cc2sc(N3CCOCC3)nc2nc1C1CC1)C1=COC(N2CCC(O)C2)N1. The first-order valence-electron chi connectivity index (χ1n) is 11.1. The number of pyridine rings is 1. The summed E-state index contributed by atoms with van der Waals surface area (Å²) in [4.78, 5) is 26.8. The van der Waals surface area contributed by atoms with Gasteiger partial charge in [0.2, 0.25) is 6.35 Å². The predicted octanol–water partition coefficient (Wildman–Crippen LogP) is 1.16. The third kappa shape index (κ3) is 3.90. The van der Waals surface area contributed by atoms with E-state index in [2.05, 4.69) is 15.5 Å². The third-order valence-electron chi connectivity index (χ3n) is 6.26.